The van der Waals surface area contributed by atoms with Crippen molar-refractivity contribution in [2.75, 3.05) is 45.2 Å². The Morgan fingerprint density at radius 2 is 1.62 bits per heavy atom. The highest BCUT2D eigenvalue weighted by molar-refractivity contribution is 5.99. The summed E-state index contributed by atoms with van der Waals surface area (Å²) in [5, 5.41) is 18.0. The first-order chi connectivity index (χ1) is 21.5. The molecule has 1 saturated carbocycles. The van der Waals surface area contributed by atoms with Gasteiger partial charge in [0.1, 0.15) is 0 Å². The minimum atomic E-state index is -0.261. The summed E-state index contributed by atoms with van der Waals surface area (Å²) in [6.45, 7) is 9.87. The molecule has 1 aliphatic heterocycles. The summed E-state index contributed by atoms with van der Waals surface area (Å²) in [5.74, 6) is -0.437. The first kappa shape index (κ1) is 34.4. The van der Waals surface area contributed by atoms with Gasteiger partial charge in [-0.2, -0.15) is 0 Å². The van der Waals surface area contributed by atoms with E-state index in [-0.39, 0.29) is 42.2 Å². The summed E-state index contributed by atoms with van der Waals surface area (Å²) in [6.07, 6.45) is 5.87. The second kappa shape index (κ2) is 15.7. The number of piperidine rings is 1. The van der Waals surface area contributed by atoms with E-state index in [9.17, 15) is 14.4 Å². The summed E-state index contributed by atoms with van der Waals surface area (Å²) in [6, 6.07) is 12.7. The number of rotatable bonds is 12. The van der Waals surface area contributed by atoms with Crippen molar-refractivity contribution in [2.24, 2.45) is 11.8 Å². The number of carbonyl (C=O) groups is 3. The molecule has 0 spiro atoms. The highest BCUT2D eigenvalue weighted by Crippen LogP contribution is 2.36. The van der Waals surface area contributed by atoms with E-state index in [0.717, 1.165) is 61.0 Å². The molecule has 0 aromatic heterocycles. The molecule has 0 bridgehead atoms. The Morgan fingerprint density at radius 3 is 2.22 bits per heavy atom. The Morgan fingerprint density at radius 1 is 0.956 bits per heavy atom. The van der Waals surface area contributed by atoms with Gasteiger partial charge in [-0.05, 0) is 120 Å². The van der Waals surface area contributed by atoms with Crippen LogP contribution >= 0.6 is 0 Å². The van der Waals surface area contributed by atoms with Gasteiger partial charge >= 0.3 is 0 Å². The fourth-order valence-electron chi connectivity index (χ4n) is 7.09. The quantitative estimate of drug-likeness (QED) is 0.263. The molecule has 9 heteroatoms. The lowest BCUT2D eigenvalue weighted by atomic mass is 9.84. The lowest BCUT2D eigenvalue weighted by Crippen LogP contribution is -2.50. The topological polar surface area (TPSA) is 114 Å². The average Bonchev–Trinajstić information content (AvgIpc) is 3.02. The fourth-order valence-corrected chi connectivity index (χ4v) is 7.09. The fraction of sp³-hybridized carbons (Fsp3) is 0.583. The van der Waals surface area contributed by atoms with Gasteiger partial charge in [-0.3, -0.25) is 14.4 Å². The summed E-state index contributed by atoms with van der Waals surface area (Å²) in [5.41, 5.74) is 4.96. The third-order valence-electron chi connectivity index (χ3n) is 9.83. The summed E-state index contributed by atoms with van der Waals surface area (Å²) in [4.78, 5) is 43.9. The van der Waals surface area contributed by atoms with Crippen LogP contribution in [0.3, 0.4) is 0 Å². The molecule has 2 aromatic rings. The van der Waals surface area contributed by atoms with Crippen LogP contribution < -0.4 is 20.9 Å². The predicted molar refractivity (Wildman–Crippen MR) is 181 cm³/mol. The smallest absolute Gasteiger partial charge is 0.251 e. The van der Waals surface area contributed by atoms with Crippen molar-refractivity contribution < 1.29 is 19.5 Å². The van der Waals surface area contributed by atoms with Gasteiger partial charge in [-0.1, -0.05) is 19.1 Å². The van der Waals surface area contributed by atoms with Crippen LogP contribution in [0.5, 0.6) is 0 Å². The van der Waals surface area contributed by atoms with E-state index in [1.807, 2.05) is 32.0 Å². The number of anilines is 1. The van der Waals surface area contributed by atoms with E-state index in [2.05, 4.69) is 59.8 Å². The van der Waals surface area contributed by atoms with Crippen molar-refractivity contribution in [3.05, 3.63) is 53.1 Å². The normalized spacial score (nSPS) is 23.4. The number of benzene rings is 2. The van der Waals surface area contributed by atoms with Crippen molar-refractivity contribution in [3.8, 4) is 11.1 Å². The van der Waals surface area contributed by atoms with Crippen LogP contribution in [0, 0.1) is 18.8 Å². The summed E-state index contributed by atoms with van der Waals surface area (Å²) >= 11 is 0. The Hall–Kier alpha value is -3.43. The van der Waals surface area contributed by atoms with E-state index in [4.69, 9.17) is 5.11 Å². The van der Waals surface area contributed by atoms with E-state index in [1.165, 1.54) is 0 Å². The number of carbonyl (C=O) groups excluding carboxylic acids is 3. The van der Waals surface area contributed by atoms with Gasteiger partial charge in [0.25, 0.3) is 11.8 Å². The van der Waals surface area contributed by atoms with Crippen molar-refractivity contribution in [2.45, 2.75) is 84.3 Å². The van der Waals surface area contributed by atoms with Crippen LogP contribution in [0.4, 0.5) is 5.69 Å². The van der Waals surface area contributed by atoms with Gasteiger partial charge in [0.05, 0.1) is 5.92 Å². The molecule has 3 unspecified atom stereocenters. The predicted octanol–water partition coefficient (Wildman–Crippen LogP) is 4.36. The molecule has 1 heterocycles. The second-order valence-electron chi connectivity index (χ2n) is 13.2. The zero-order chi connectivity index (χ0) is 32.7. The molecule has 4 N–H and O–H groups in total. The van der Waals surface area contributed by atoms with Gasteiger partial charge < -0.3 is 30.9 Å². The summed E-state index contributed by atoms with van der Waals surface area (Å²) in [7, 11) is 4.31. The maximum atomic E-state index is 13.9. The minimum Gasteiger partial charge on any atom is -0.396 e. The zero-order valence-corrected chi connectivity index (χ0v) is 28.0. The van der Waals surface area contributed by atoms with Crippen LogP contribution in [-0.4, -0.2) is 86.2 Å². The molecule has 0 radical (unpaired) electrons. The van der Waals surface area contributed by atoms with Crippen LogP contribution in [0.15, 0.2) is 36.4 Å². The number of aliphatic hydroxyl groups excluding tert-OH is 1. The van der Waals surface area contributed by atoms with Gasteiger partial charge in [0, 0.05) is 61.2 Å². The van der Waals surface area contributed by atoms with Crippen molar-refractivity contribution in [3.63, 3.8) is 0 Å². The molecule has 4 rings (SSSR count). The lowest BCUT2D eigenvalue weighted by molar-refractivity contribution is -0.129. The number of nitrogens with one attached hydrogen (secondary N) is 3. The molecular weight excluding hydrogens is 566 g/mol. The Kier molecular flexibility index (Phi) is 12.0. The molecule has 2 fully saturated rings. The van der Waals surface area contributed by atoms with E-state index >= 15 is 0 Å². The van der Waals surface area contributed by atoms with Crippen LogP contribution in [0.1, 0.15) is 85.6 Å². The highest BCUT2D eigenvalue weighted by Gasteiger charge is 2.33. The Labute approximate surface area is 269 Å². The third-order valence-corrected chi connectivity index (χ3v) is 9.83. The van der Waals surface area contributed by atoms with Gasteiger partial charge in [-0.15, -0.1) is 0 Å². The first-order valence-corrected chi connectivity index (χ1v) is 16.7. The molecule has 9 nitrogen and oxygen atoms in total. The van der Waals surface area contributed by atoms with Gasteiger partial charge in [0.2, 0.25) is 5.91 Å². The minimum absolute atomic E-state index is 0.00122. The first-order valence-electron chi connectivity index (χ1n) is 16.7. The van der Waals surface area contributed by atoms with Crippen molar-refractivity contribution in [1.82, 2.24) is 20.9 Å². The number of amides is 3. The van der Waals surface area contributed by atoms with Crippen LogP contribution in [-0.2, 0) is 4.79 Å². The number of hydrogen-bond donors (Lipinski definition) is 4. The van der Waals surface area contributed by atoms with E-state index in [0.29, 0.717) is 42.7 Å². The molecule has 1 saturated heterocycles. The molecule has 246 valence electrons. The molecule has 45 heavy (non-hydrogen) atoms. The molecular formula is C36H53N5O4. The zero-order valence-electron chi connectivity index (χ0n) is 28.0. The van der Waals surface area contributed by atoms with Crippen molar-refractivity contribution in [1.29, 1.82) is 0 Å². The van der Waals surface area contributed by atoms with Crippen molar-refractivity contribution >= 4 is 23.4 Å². The molecule has 2 aliphatic rings. The van der Waals surface area contributed by atoms with Gasteiger partial charge in [0.15, 0.2) is 0 Å². The monoisotopic (exact) mass is 619 g/mol. The molecule has 2 aromatic carbocycles. The Bertz CT molecular complexity index is 1320. The van der Waals surface area contributed by atoms with Gasteiger partial charge in [-0.25, -0.2) is 0 Å². The maximum absolute atomic E-state index is 13.9. The molecule has 3 amide bonds. The van der Waals surface area contributed by atoms with Crippen LogP contribution in [0.2, 0.25) is 0 Å². The number of nitrogens with zero attached hydrogens (tertiary/aromatic N) is 2. The van der Waals surface area contributed by atoms with E-state index in [1.54, 1.807) is 12.1 Å². The number of hydrogen-bond acceptors (Lipinski definition) is 6. The molecule has 3 atom stereocenters. The SMILES string of the molecule is CCN(c1cc(-c2ccc(C(=O)NCCCO)cc2)cc(C(=O)NCC2C(=O)NC(C)CC2C)c1C)C1CCC(N(C)C)CC1. The van der Waals surface area contributed by atoms with Crippen LogP contribution in [0.25, 0.3) is 11.1 Å². The largest absolute Gasteiger partial charge is 0.396 e. The average molecular weight is 620 g/mol. The lowest BCUT2D eigenvalue weighted by Gasteiger charge is -2.40. The standard InChI is InChI=1S/C36H53N5O4/c1-7-41(30-15-13-29(14-16-30)40(5)6)33-21-28(26-9-11-27(12-10-26)34(43)37-17-8-18-42)20-31(25(33)4)35(44)38-22-32-23(2)19-24(3)39-36(32)45/h9-12,20-21,23-24,29-30,32,42H,7-8,13-19,22H2,1-6H3,(H,37,43)(H,38,44)(H,39,45). The maximum Gasteiger partial charge on any atom is 0.251 e. The van der Waals surface area contributed by atoms with E-state index < -0.39 is 0 Å². The molecule has 1 aliphatic carbocycles. The highest BCUT2D eigenvalue weighted by atomic mass is 16.3. The number of aliphatic hydroxyl groups is 1. The second-order valence-corrected chi connectivity index (χ2v) is 13.2. The Balaban J connectivity index is 1.65. The summed E-state index contributed by atoms with van der Waals surface area (Å²) < 4.78 is 0. The third kappa shape index (κ3) is 8.44.